The van der Waals surface area contributed by atoms with Crippen molar-refractivity contribution in [3.05, 3.63) is 35.4 Å². The molecule has 1 aromatic rings. The summed E-state index contributed by atoms with van der Waals surface area (Å²) in [6.07, 6.45) is 9.22. The van der Waals surface area contributed by atoms with Gasteiger partial charge in [0.1, 0.15) is 5.78 Å². The number of unbranched alkanes of at least 4 members (excludes halogenated alkanes) is 2. The van der Waals surface area contributed by atoms with E-state index in [-0.39, 0.29) is 5.92 Å². The predicted molar refractivity (Wildman–Crippen MR) is 85.1 cm³/mol. The third kappa shape index (κ3) is 3.94. The van der Waals surface area contributed by atoms with Crippen molar-refractivity contribution in [1.29, 1.82) is 0 Å². The van der Waals surface area contributed by atoms with Gasteiger partial charge < -0.3 is 0 Å². The van der Waals surface area contributed by atoms with E-state index >= 15 is 0 Å². The van der Waals surface area contributed by atoms with E-state index in [1.807, 2.05) is 0 Å². The molecule has 2 atom stereocenters. The molecule has 0 spiro atoms. The van der Waals surface area contributed by atoms with E-state index in [0.29, 0.717) is 11.7 Å². The summed E-state index contributed by atoms with van der Waals surface area (Å²) in [4.78, 5) is 12.3. The zero-order valence-corrected chi connectivity index (χ0v) is 13.0. The summed E-state index contributed by atoms with van der Waals surface area (Å²) in [5.41, 5.74) is 2.65. The first-order valence-electron chi connectivity index (χ1n) is 8.36. The highest BCUT2D eigenvalue weighted by atomic mass is 16.1. The fraction of sp³-hybridized carbons (Fsp3) is 0.632. The molecule has 0 unspecified atom stereocenters. The van der Waals surface area contributed by atoms with Crippen molar-refractivity contribution in [2.45, 2.75) is 71.1 Å². The van der Waals surface area contributed by atoms with Gasteiger partial charge in [-0.2, -0.15) is 0 Å². The van der Waals surface area contributed by atoms with Gasteiger partial charge in [0.25, 0.3) is 0 Å². The fourth-order valence-corrected chi connectivity index (χ4v) is 3.29. The highest BCUT2D eigenvalue weighted by molar-refractivity contribution is 5.86. The maximum Gasteiger partial charge on any atom is 0.140 e. The third-order valence-corrected chi connectivity index (χ3v) is 4.77. The largest absolute Gasteiger partial charge is 0.299 e. The average Bonchev–Trinajstić information content (AvgIpc) is 2.48. The van der Waals surface area contributed by atoms with E-state index in [2.05, 4.69) is 38.1 Å². The molecule has 1 heteroatoms. The molecule has 0 bridgehead atoms. The molecule has 1 aliphatic rings. The van der Waals surface area contributed by atoms with E-state index in [0.717, 1.165) is 19.3 Å². The normalized spacial score (nSPS) is 23.0. The first-order chi connectivity index (χ1) is 9.74. The van der Waals surface area contributed by atoms with Crippen LogP contribution in [0.1, 0.15) is 75.8 Å². The van der Waals surface area contributed by atoms with Gasteiger partial charge in [-0.25, -0.2) is 0 Å². The van der Waals surface area contributed by atoms with Gasteiger partial charge in [-0.05, 0) is 42.7 Å². The highest BCUT2D eigenvalue weighted by Crippen LogP contribution is 2.34. The zero-order chi connectivity index (χ0) is 14.4. The second-order valence-electron chi connectivity index (χ2n) is 6.27. The Kier molecular flexibility index (Phi) is 5.82. The number of carbonyl (C=O) groups excluding carboxylic acids is 1. The lowest BCUT2D eigenvalue weighted by Crippen LogP contribution is -2.23. The van der Waals surface area contributed by atoms with Crippen LogP contribution in [-0.2, 0) is 11.2 Å². The van der Waals surface area contributed by atoms with E-state index < -0.39 is 0 Å². The molecule has 0 aliphatic heterocycles. The van der Waals surface area contributed by atoms with Crippen molar-refractivity contribution >= 4 is 5.78 Å². The lowest BCUT2D eigenvalue weighted by molar-refractivity contribution is -0.123. The van der Waals surface area contributed by atoms with Crippen LogP contribution in [0, 0.1) is 5.92 Å². The van der Waals surface area contributed by atoms with Crippen LogP contribution in [0.25, 0.3) is 0 Å². The Morgan fingerprint density at radius 3 is 2.40 bits per heavy atom. The Hall–Kier alpha value is -1.11. The summed E-state index contributed by atoms with van der Waals surface area (Å²) < 4.78 is 0. The minimum Gasteiger partial charge on any atom is -0.299 e. The molecule has 1 nitrogen and oxygen atoms in total. The van der Waals surface area contributed by atoms with E-state index in [1.54, 1.807) is 0 Å². The molecule has 1 fully saturated rings. The number of Topliss-reactive ketones (excluding diaryl/α,β-unsaturated/α-hetero) is 1. The van der Waals surface area contributed by atoms with Crippen LogP contribution in [-0.4, -0.2) is 5.78 Å². The monoisotopic (exact) mass is 272 g/mol. The number of hydrogen-bond donors (Lipinski definition) is 0. The molecule has 1 saturated carbocycles. The number of rotatable bonds is 6. The van der Waals surface area contributed by atoms with Crippen LogP contribution in [0.2, 0.25) is 0 Å². The minimum atomic E-state index is 0.169. The summed E-state index contributed by atoms with van der Waals surface area (Å²) in [6.45, 7) is 4.44. The molecule has 0 N–H and O–H groups in total. The fourth-order valence-electron chi connectivity index (χ4n) is 3.29. The van der Waals surface area contributed by atoms with Crippen LogP contribution in [0.4, 0.5) is 0 Å². The number of aryl methyl sites for hydroxylation is 1. The molecule has 0 radical (unpaired) electrons. The maximum atomic E-state index is 12.3. The highest BCUT2D eigenvalue weighted by Gasteiger charge is 2.28. The number of carbonyl (C=O) groups is 1. The molecular weight excluding hydrogens is 244 g/mol. The summed E-state index contributed by atoms with van der Waals surface area (Å²) in [5.74, 6) is 1.26. The Labute approximate surface area is 123 Å². The Morgan fingerprint density at radius 2 is 1.80 bits per heavy atom. The maximum absolute atomic E-state index is 12.3. The third-order valence-electron chi connectivity index (χ3n) is 4.77. The van der Waals surface area contributed by atoms with Crippen molar-refractivity contribution in [3.8, 4) is 0 Å². The number of hydrogen-bond acceptors (Lipinski definition) is 1. The molecular formula is C19H28O. The standard InChI is InChI=1S/C19H28O/c1-3-5-6-7-16-8-11-17(12-9-16)18-13-10-15(4-2)14-19(18)20/h8-9,11-12,15,18H,3-7,10,13-14H2,1-2H3/t15-,18+/m0/s1. The second kappa shape index (κ2) is 7.61. The molecule has 0 amide bonds. The molecule has 0 aromatic heterocycles. The van der Waals surface area contributed by atoms with Gasteiger partial charge in [-0.3, -0.25) is 4.79 Å². The van der Waals surface area contributed by atoms with E-state index in [9.17, 15) is 4.79 Å². The summed E-state index contributed by atoms with van der Waals surface area (Å²) >= 11 is 0. The first kappa shape index (κ1) is 15.3. The lowest BCUT2D eigenvalue weighted by atomic mass is 9.77. The molecule has 1 aromatic carbocycles. The van der Waals surface area contributed by atoms with Crippen LogP contribution in [0.15, 0.2) is 24.3 Å². The smallest absolute Gasteiger partial charge is 0.140 e. The average molecular weight is 272 g/mol. The Balaban J connectivity index is 1.94. The van der Waals surface area contributed by atoms with Crippen LogP contribution in [0.3, 0.4) is 0 Å². The Bertz CT molecular complexity index is 418. The van der Waals surface area contributed by atoms with Gasteiger partial charge in [0, 0.05) is 12.3 Å². The lowest BCUT2D eigenvalue weighted by Gasteiger charge is -2.27. The number of ketones is 1. The van der Waals surface area contributed by atoms with Gasteiger partial charge in [0.15, 0.2) is 0 Å². The van der Waals surface area contributed by atoms with Crippen LogP contribution in [0.5, 0.6) is 0 Å². The molecule has 2 rings (SSSR count). The summed E-state index contributed by atoms with van der Waals surface area (Å²) in [6, 6.07) is 8.83. The first-order valence-corrected chi connectivity index (χ1v) is 8.36. The van der Waals surface area contributed by atoms with Crippen molar-refractivity contribution in [2.24, 2.45) is 5.92 Å². The SMILES string of the molecule is CCCCCc1ccc([C@H]2CC[C@H](CC)CC2=O)cc1. The van der Waals surface area contributed by atoms with Gasteiger partial charge in [0.2, 0.25) is 0 Å². The topological polar surface area (TPSA) is 17.1 Å². The van der Waals surface area contributed by atoms with Crippen LogP contribution < -0.4 is 0 Å². The van der Waals surface area contributed by atoms with Gasteiger partial charge in [0.05, 0.1) is 0 Å². The predicted octanol–water partition coefficient (Wildman–Crippen LogP) is 5.28. The van der Waals surface area contributed by atoms with Crippen molar-refractivity contribution in [1.82, 2.24) is 0 Å². The molecule has 110 valence electrons. The van der Waals surface area contributed by atoms with E-state index in [1.165, 1.54) is 43.2 Å². The van der Waals surface area contributed by atoms with Gasteiger partial charge >= 0.3 is 0 Å². The summed E-state index contributed by atoms with van der Waals surface area (Å²) in [5, 5.41) is 0. The zero-order valence-electron chi connectivity index (χ0n) is 13.0. The van der Waals surface area contributed by atoms with Gasteiger partial charge in [-0.1, -0.05) is 57.4 Å². The number of benzene rings is 1. The second-order valence-corrected chi connectivity index (χ2v) is 6.27. The van der Waals surface area contributed by atoms with Gasteiger partial charge in [-0.15, -0.1) is 0 Å². The Morgan fingerprint density at radius 1 is 1.05 bits per heavy atom. The van der Waals surface area contributed by atoms with Crippen molar-refractivity contribution in [3.63, 3.8) is 0 Å². The minimum absolute atomic E-state index is 0.169. The summed E-state index contributed by atoms with van der Waals surface area (Å²) in [7, 11) is 0. The quantitative estimate of drug-likeness (QED) is 0.644. The molecule has 0 heterocycles. The van der Waals surface area contributed by atoms with Crippen molar-refractivity contribution < 1.29 is 4.79 Å². The van der Waals surface area contributed by atoms with Crippen LogP contribution >= 0.6 is 0 Å². The van der Waals surface area contributed by atoms with E-state index in [4.69, 9.17) is 0 Å². The van der Waals surface area contributed by atoms with Crippen molar-refractivity contribution in [2.75, 3.05) is 0 Å². The molecule has 1 aliphatic carbocycles. The molecule has 20 heavy (non-hydrogen) atoms. The molecule has 0 saturated heterocycles.